The predicted molar refractivity (Wildman–Crippen MR) is 70.6 cm³/mol. The molecule has 0 bridgehead atoms. The Bertz CT molecular complexity index is 165. The Kier molecular flexibility index (Phi) is 6.53. The van der Waals surface area contributed by atoms with Gasteiger partial charge >= 0.3 is 0 Å². The Labute approximate surface area is 98.2 Å². The van der Waals surface area contributed by atoms with Crippen LogP contribution in [0.15, 0.2) is 0 Å². The van der Waals surface area contributed by atoms with E-state index in [-0.39, 0.29) is 9.86 Å². The molecule has 0 spiro atoms. The molecule has 1 saturated carbocycles. The highest BCUT2D eigenvalue weighted by Crippen LogP contribution is 2.35. The van der Waals surface area contributed by atoms with Crippen molar-refractivity contribution in [3.63, 3.8) is 0 Å². The average molecular weight is 234 g/mol. The second-order valence-electron chi connectivity index (χ2n) is 4.39. The van der Waals surface area contributed by atoms with E-state index in [4.69, 9.17) is 0 Å². The SMILES string of the molecule is CC(C)(S)C1CCCCC1.NC(N)=S. The quantitative estimate of drug-likeness (QED) is 0.482. The first-order valence-electron chi connectivity index (χ1n) is 5.11. The van der Waals surface area contributed by atoms with Crippen LogP contribution in [0.3, 0.4) is 0 Å². The minimum Gasteiger partial charge on any atom is -0.377 e. The molecule has 2 nitrogen and oxygen atoms in total. The minimum atomic E-state index is 0.000000000000000222. The van der Waals surface area contributed by atoms with Crippen molar-refractivity contribution in [2.45, 2.75) is 50.7 Å². The van der Waals surface area contributed by atoms with Crippen molar-refractivity contribution in [1.82, 2.24) is 0 Å². The molecule has 0 aromatic rings. The van der Waals surface area contributed by atoms with Crippen LogP contribution in [0.2, 0.25) is 0 Å². The molecule has 0 aromatic heterocycles. The van der Waals surface area contributed by atoms with Crippen molar-refractivity contribution in [1.29, 1.82) is 0 Å². The first kappa shape index (κ1) is 14.0. The lowest BCUT2D eigenvalue weighted by Crippen LogP contribution is -2.26. The molecule has 0 amide bonds. The summed E-state index contributed by atoms with van der Waals surface area (Å²) < 4.78 is 0.264. The molecular weight excluding hydrogens is 212 g/mol. The minimum absolute atomic E-state index is 0.000000000000000222. The van der Waals surface area contributed by atoms with E-state index < -0.39 is 0 Å². The molecule has 4 heteroatoms. The molecule has 14 heavy (non-hydrogen) atoms. The van der Waals surface area contributed by atoms with Gasteiger partial charge in [-0.15, -0.1) is 0 Å². The van der Waals surface area contributed by atoms with Gasteiger partial charge in [0.25, 0.3) is 0 Å². The van der Waals surface area contributed by atoms with E-state index in [1.54, 1.807) is 0 Å². The predicted octanol–water partition coefficient (Wildman–Crippen LogP) is 2.46. The van der Waals surface area contributed by atoms with E-state index in [1.807, 2.05) is 0 Å². The van der Waals surface area contributed by atoms with Gasteiger partial charge in [-0.05, 0) is 31.0 Å². The highest BCUT2D eigenvalue weighted by Gasteiger charge is 2.26. The van der Waals surface area contributed by atoms with Crippen LogP contribution in [0.1, 0.15) is 46.0 Å². The molecule has 0 heterocycles. The Balaban J connectivity index is 0.000000364. The zero-order valence-corrected chi connectivity index (χ0v) is 10.8. The lowest BCUT2D eigenvalue weighted by Gasteiger charge is -2.32. The number of hydrogen-bond donors (Lipinski definition) is 3. The monoisotopic (exact) mass is 234 g/mol. The summed E-state index contributed by atoms with van der Waals surface area (Å²) in [6, 6.07) is 0. The topological polar surface area (TPSA) is 52.0 Å². The highest BCUT2D eigenvalue weighted by atomic mass is 32.1. The van der Waals surface area contributed by atoms with Gasteiger partial charge < -0.3 is 11.5 Å². The van der Waals surface area contributed by atoms with Gasteiger partial charge in [-0.1, -0.05) is 33.1 Å². The average Bonchev–Trinajstić information content (AvgIpc) is 2.03. The number of thiol groups is 1. The maximum Gasteiger partial charge on any atom is 0.160 e. The molecule has 84 valence electrons. The molecule has 0 saturated heterocycles. The van der Waals surface area contributed by atoms with E-state index in [1.165, 1.54) is 32.1 Å². The Hall–Kier alpha value is 0.0400. The van der Waals surface area contributed by atoms with Gasteiger partial charge in [0.15, 0.2) is 5.11 Å². The largest absolute Gasteiger partial charge is 0.377 e. The van der Waals surface area contributed by atoms with Gasteiger partial charge in [0.1, 0.15) is 0 Å². The van der Waals surface area contributed by atoms with Gasteiger partial charge in [0.05, 0.1) is 0 Å². The highest BCUT2D eigenvalue weighted by molar-refractivity contribution is 7.81. The summed E-state index contributed by atoms with van der Waals surface area (Å²) in [6.07, 6.45) is 7.09. The van der Waals surface area contributed by atoms with Crippen LogP contribution >= 0.6 is 24.8 Å². The van der Waals surface area contributed by atoms with E-state index in [0.29, 0.717) is 0 Å². The molecular formula is C10H22N2S2. The van der Waals surface area contributed by atoms with Crippen molar-refractivity contribution >= 4 is 30.0 Å². The lowest BCUT2D eigenvalue weighted by molar-refractivity contribution is 0.305. The lowest BCUT2D eigenvalue weighted by atomic mass is 9.81. The van der Waals surface area contributed by atoms with Crippen LogP contribution in [0.4, 0.5) is 0 Å². The Morgan fingerprint density at radius 3 is 1.79 bits per heavy atom. The van der Waals surface area contributed by atoms with Gasteiger partial charge in [-0.2, -0.15) is 12.6 Å². The fourth-order valence-electron chi connectivity index (χ4n) is 1.81. The second-order valence-corrected chi connectivity index (χ2v) is 6.01. The molecule has 1 rings (SSSR count). The zero-order chi connectivity index (χ0) is 11.2. The maximum atomic E-state index is 4.62. The van der Waals surface area contributed by atoms with Crippen LogP contribution in [-0.2, 0) is 0 Å². The molecule has 1 aliphatic rings. The van der Waals surface area contributed by atoms with Crippen LogP contribution in [0.5, 0.6) is 0 Å². The fraction of sp³-hybridized carbons (Fsp3) is 0.900. The van der Waals surface area contributed by atoms with Crippen LogP contribution < -0.4 is 11.5 Å². The number of hydrogen-bond acceptors (Lipinski definition) is 2. The summed E-state index contributed by atoms with van der Waals surface area (Å²) in [5.41, 5.74) is 9.24. The summed E-state index contributed by atoms with van der Waals surface area (Å²) in [4.78, 5) is 0. The van der Waals surface area contributed by atoms with Crippen molar-refractivity contribution < 1.29 is 0 Å². The second kappa shape index (κ2) is 6.51. The Morgan fingerprint density at radius 1 is 1.21 bits per heavy atom. The summed E-state index contributed by atoms with van der Waals surface area (Å²) in [5, 5.41) is 0.000000000000000222. The van der Waals surface area contributed by atoms with E-state index in [9.17, 15) is 0 Å². The summed E-state index contributed by atoms with van der Waals surface area (Å²) >= 11 is 8.69. The molecule has 0 unspecified atom stereocenters. The van der Waals surface area contributed by atoms with E-state index >= 15 is 0 Å². The molecule has 0 radical (unpaired) electrons. The first-order chi connectivity index (χ1) is 6.34. The number of nitrogens with two attached hydrogens (primary N) is 2. The van der Waals surface area contributed by atoms with Gasteiger partial charge in [-0.25, -0.2) is 0 Å². The maximum absolute atomic E-state index is 4.62. The van der Waals surface area contributed by atoms with Crippen molar-refractivity contribution in [2.24, 2.45) is 17.4 Å². The molecule has 0 aliphatic heterocycles. The van der Waals surface area contributed by atoms with Gasteiger partial charge in [0, 0.05) is 4.75 Å². The van der Waals surface area contributed by atoms with Gasteiger partial charge in [0.2, 0.25) is 0 Å². The molecule has 0 atom stereocenters. The third-order valence-corrected chi connectivity index (χ3v) is 2.97. The number of rotatable bonds is 1. The van der Waals surface area contributed by atoms with Crippen LogP contribution in [0, 0.1) is 5.92 Å². The third-order valence-electron chi connectivity index (χ3n) is 2.60. The summed E-state index contributed by atoms with van der Waals surface area (Å²) in [6.45, 7) is 4.48. The smallest absolute Gasteiger partial charge is 0.160 e. The fourth-order valence-corrected chi connectivity index (χ4v) is 2.07. The molecule has 1 aliphatic carbocycles. The normalized spacial score (nSPS) is 18.2. The Morgan fingerprint density at radius 2 is 1.57 bits per heavy atom. The molecule has 1 fully saturated rings. The van der Waals surface area contributed by atoms with E-state index in [0.717, 1.165) is 5.92 Å². The molecule has 4 N–H and O–H groups in total. The van der Waals surface area contributed by atoms with Crippen molar-refractivity contribution in [3.8, 4) is 0 Å². The first-order valence-corrected chi connectivity index (χ1v) is 5.97. The van der Waals surface area contributed by atoms with Crippen LogP contribution in [0.25, 0.3) is 0 Å². The van der Waals surface area contributed by atoms with Crippen molar-refractivity contribution in [2.75, 3.05) is 0 Å². The summed E-state index contributed by atoms with van der Waals surface area (Å²) in [5.74, 6) is 0.865. The van der Waals surface area contributed by atoms with Gasteiger partial charge in [-0.3, -0.25) is 0 Å². The van der Waals surface area contributed by atoms with Crippen molar-refractivity contribution in [3.05, 3.63) is 0 Å². The van der Waals surface area contributed by atoms with E-state index in [2.05, 4.69) is 50.2 Å². The third kappa shape index (κ3) is 7.44. The zero-order valence-electron chi connectivity index (χ0n) is 9.12. The molecule has 0 aromatic carbocycles. The summed E-state index contributed by atoms with van der Waals surface area (Å²) in [7, 11) is 0. The standard InChI is InChI=1S/C9H18S.CH4N2S/c1-9(2,10)8-6-4-3-5-7-8;2-1(3)4/h8,10H,3-7H2,1-2H3;(H4,2,3,4). The number of thiocarbonyl (C=S) groups is 1. The van der Waals surface area contributed by atoms with Crippen LogP contribution in [-0.4, -0.2) is 9.86 Å².